The fourth-order valence-corrected chi connectivity index (χ4v) is 4.02. The van der Waals surface area contributed by atoms with E-state index in [1.165, 1.54) is 16.9 Å². The summed E-state index contributed by atoms with van der Waals surface area (Å²) in [5.41, 5.74) is 8.87. The van der Waals surface area contributed by atoms with Crippen LogP contribution in [0.15, 0.2) is 35.7 Å². The van der Waals surface area contributed by atoms with Gasteiger partial charge in [0, 0.05) is 25.3 Å². The van der Waals surface area contributed by atoms with Crippen LogP contribution in [0.3, 0.4) is 0 Å². The van der Waals surface area contributed by atoms with Gasteiger partial charge in [-0.15, -0.1) is 23.7 Å². The van der Waals surface area contributed by atoms with Crippen LogP contribution in [0.5, 0.6) is 0 Å². The average Bonchev–Trinajstić information content (AvgIpc) is 3.12. The van der Waals surface area contributed by atoms with E-state index in [1.54, 1.807) is 0 Å². The Morgan fingerprint density at radius 1 is 1.23 bits per heavy atom. The van der Waals surface area contributed by atoms with Gasteiger partial charge in [-0.3, -0.25) is 4.79 Å². The molecule has 0 spiro atoms. The van der Waals surface area contributed by atoms with Gasteiger partial charge in [-0.2, -0.15) is 0 Å². The standard InChI is InChI=1S/C20H26N2O2S.ClH/c1-15-3-5-16(6-4-15)18-9-14-25-19(18)20(23)22-11-7-17(8-12-22)24-13-2-10-21;/h3-6,9,14,17H,2,7-8,10-13,21H2,1H3;1H. The number of rotatable bonds is 6. The third-order valence-electron chi connectivity index (χ3n) is 4.65. The summed E-state index contributed by atoms with van der Waals surface area (Å²) in [4.78, 5) is 15.8. The molecule has 1 aliphatic rings. The molecule has 1 amide bonds. The lowest BCUT2D eigenvalue weighted by Crippen LogP contribution is -2.40. The smallest absolute Gasteiger partial charge is 0.264 e. The Balaban J connectivity index is 0.00000243. The monoisotopic (exact) mass is 394 g/mol. The summed E-state index contributed by atoms with van der Waals surface area (Å²) in [5, 5.41) is 2.01. The van der Waals surface area contributed by atoms with Crippen molar-refractivity contribution in [3.05, 3.63) is 46.2 Å². The van der Waals surface area contributed by atoms with Gasteiger partial charge in [-0.25, -0.2) is 0 Å². The van der Waals surface area contributed by atoms with Gasteiger partial charge in [-0.1, -0.05) is 29.8 Å². The van der Waals surface area contributed by atoms with Crippen molar-refractivity contribution in [3.63, 3.8) is 0 Å². The molecule has 1 aliphatic heterocycles. The Morgan fingerprint density at radius 3 is 2.58 bits per heavy atom. The van der Waals surface area contributed by atoms with E-state index in [9.17, 15) is 4.79 Å². The Hall–Kier alpha value is -1.40. The quantitative estimate of drug-likeness (QED) is 0.750. The average molecular weight is 395 g/mol. The first-order valence-corrected chi connectivity index (χ1v) is 9.82. The van der Waals surface area contributed by atoms with Gasteiger partial charge in [0.05, 0.1) is 11.0 Å². The van der Waals surface area contributed by atoms with E-state index in [0.717, 1.165) is 55.0 Å². The summed E-state index contributed by atoms with van der Waals surface area (Å²) < 4.78 is 5.83. The van der Waals surface area contributed by atoms with Crippen LogP contribution in [0.25, 0.3) is 11.1 Å². The summed E-state index contributed by atoms with van der Waals surface area (Å²) in [6.45, 7) is 4.98. The van der Waals surface area contributed by atoms with Crippen molar-refractivity contribution < 1.29 is 9.53 Å². The predicted octanol–water partition coefficient (Wildman–Crippen LogP) is 4.12. The molecular weight excluding hydrogens is 368 g/mol. The summed E-state index contributed by atoms with van der Waals surface area (Å²) in [5.74, 6) is 0.144. The molecule has 0 unspecified atom stereocenters. The highest BCUT2D eigenvalue weighted by molar-refractivity contribution is 7.12. The fourth-order valence-electron chi connectivity index (χ4n) is 3.14. The number of nitrogens with zero attached hydrogens (tertiary/aromatic N) is 1. The highest BCUT2D eigenvalue weighted by Crippen LogP contribution is 2.30. The Labute approximate surface area is 165 Å². The number of carbonyl (C=O) groups excluding carboxylic acids is 1. The number of piperidine rings is 1. The van der Waals surface area contributed by atoms with Gasteiger partial charge in [0.2, 0.25) is 0 Å². The topological polar surface area (TPSA) is 55.6 Å². The molecule has 2 heterocycles. The fraction of sp³-hybridized carbons (Fsp3) is 0.450. The first-order valence-electron chi connectivity index (χ1n) is 8.94. The summed E-state index contributed by atoms with van der Waals surface area (Å²) in [6.07, 6.45) is 2.97. The van der Waals surface area contributed by atoms with Crippen LogP contribution in [0, 0.1) is 6.92 Å². The predicted molar refractivity (Wildman–Crippen MR) is 110 cm³/mol. The van der Waals surface area contributed by atoms with E-state index in [0.29, 0.717) is 6.54 Å². The first-order chi connectivity index (χ1) is 12.2. The molecule has 0 bridgehead atoms. The number of halogens is 1. The van der Waals surface area contributed by atoms with Crippen molar-refractivity contribution in [3.8, 4) is 11.1 Å². The van der Waals surface area contributed by atoms with Crippen molar-refractivity contribution in [1.29, 1.82) is 0 Å². The molecule has 2 aromatic rings. The van der Waals surface area contributed by atoms with Crippen molar-refractivity contribution in [2.75, 3.05) is 26.2 Å². The molecule has 1 aromatic heterocycles. The van der Waals surface area contributed by atoms with E-state index in [1.807, 2.05) is 16.3 Å². The molecule has 1 saturated heterocycles. The SMILES string of the molecule is Cc1ccc(-c2ccsc2C(=O)N2CCC(OCCCN)CC2)cc1.Cl. The molecule has 0 aliphatic carbocycles. The maximum absolute atomic E-state index is 13.0. The zero-order chi connectivity index (χ0) is 17.6. The number of carbonyl (C=O) groups is 1. The van der Waals surface area contributed by atoms with Crippen LogP contribution >= 0.6 is 23.7 Å². The van der Waals surface area contributed by atoms with Gasteiger partial charge in [0.15, 0.2) is 0 Å². The number of ether oxygens (including phenoxy) is 1. The summed E-state index contributed by atoms with van der Waals surface area (Å²) in [7, 11) is 0. The van der Waals surface area contributed by atoms with E-state index in [-0.39, 0.29) is 24.4 Å². The first kappa shape index (κ1) is 20.9. The zero-order valence-electron chi connectivity index (χ0n) is 15.1. The molecule has 1 aromatic carbocycles. The van der Waals surface area contributed by atoms with Gasteiger partial charge in [-0.05, 0) is 49.7 Å². The van der Waals surface area contributed by atoms with E-state index in [2.05, 4.69) is 31.2 Å². The normalized spacial score (nSPS) is 14.9. The Bertz CT molecular complexity index is 694. The van der Waals surface area contributed by atoms with Gasteiger partial charge >= 0.3 is 0 Å². The lowest BCUT2D eigenvalue weighted by molar-refractivity contribution is 0.00860. The molecule has 3 rings (SSSR count). The van der Waals surface area contributed by atoms with E-state index >= 15 is 0 Å². The molecule has 4 nitrogen and oxygen atoms in total. The van der Waals surface area contributed by atoms with Gasteiger partial charge in [0.1, 0.15) is 0 Å². The second-order valence-electron chi connectivity index (χ2n) is 6.53. The largest absolute Gasteiger partial charge is 0.378 e. The van der Waals surface area contributed by atoms with Gasteiger partial charge in [0.25, 0.3) is 5.91 Å². The lowest BCUT2D eigenvalue weighted by atomic mass is 10.0. The number of amides is 1. The third kappa shape index (κ3) is 5.07. The number of benzene rings is 1. The van der Waals surface area contributed by atoms with Crippen LogP contribution in [0.4, 0.5) is 0 Å². The second kappa shape index (κ2) is 10.1. The van der Waals surface area contributed by atoms with Crippen molar-refractivity contribution in [2.45, 2.75) is 32.3 Å². The number of hydrogen-bond donors (Lipinski definition) is 1. The summed E-state index contributed by atoms with van der Waals surface area (Å²) in [6, 6.07) is 10.4. The number of aryl methyl sites for hydroxylation is 1. The van der Waals surface area contributed by atoms with Crippen LogP contribution in [-0.2, 0) is 4.74 Å². The molecular formula is C20H27ClN2O2S. The minimum absolute atomic E-state index is 0. The minimum atomic E-state index is 0. The molecule has 142 valence electrons. The van der Waals surface area contributed by atoms with Crippen molar-refractivity contribution in [2.24, 2.45) is 5.73 Å². The molecule has 1 fully saturated rings. The molecule has 26 heavy (non-hydrogen) atoms. The Morgan fingerprint density at radius 2 is 1.92 bits per heavy atom. The number of hydrogen-bond acceptors (Lipinski definition) is 4. The van der Waals surface area contributed by atoms with Crippen molar-refractivity contribution in [1.82, 2.24) is 4.90 Å². The molecule has 0 saturated carbocycles. The number of likely N-dealkylation sites (tertiary alicyclic amines) is 1. The Kier molecular flexibility index (Phi) is 8.10. The van der Waals surface area contributed by atoms with Crippen LogP contribution in [-0.4, -0.2) is 43.2 Å². The number of nitrogens with two attached hydrogens (primary N) is 1. The van der Waals surface area contributed by atoms with Crippen LogP contribution in [0.1, 0.15) is 34.5 Å². The van der Waals surface area contributed by atoms with Crippen LogP contribution < -0.4 is 5.73 Å². The second-order valence-corrected chi connectivity index (χ2v) is 7.45. The summed E-state index contributed by atoms with van der Waals surface area (Å²) >= 11 is 1.53. The highest BCUT2D eigenvalue weighted by atomic mass is 35.5. The van der Waals surface area contributed by atoms with Gasteiger partial charge < -0.3 is 15.4 Å². The maximum atomic E-state index is 13.0. The molecule has 0 atom stereocenters. The number of thiophene rings is 1. The van der Waals surface area contributed by atoms with Crippen molar-refractivity contribution >= 4 is 29.7 Å². The highest BCUT2D eigenvalue weighted by Gasteiger charge is 2.26. The minimum Gasteiger partial charge on any atom is -0.378 e. The molecule has 2 N–H and O–H groups in total. The maximum Gasteiger partial charge on any atom is 0.264 e. The molecule has 0 radical (unpaired) electrons. The lowest BCUT2D eigenvalue weighted by Gasteiger charge is -2.32. The molecule has 6 heteroatoms. The zero-order valence-corrected chi connectivity index (χ0v) is 16.8. The van der Waals surface area contributed by atoms with Crippen LogP contribution in [0.2, 0.25) is 0 Å². The van der Waals surface area contributed by atoms with E-state index < -0.39 is 0 Å². The van der Waals surface area contributed by atoms with E-state index in [4.69, 9.17) is 10.5 Å². The third-order valence-corrected chi connectivity index (χ3v) is 5.56.